The van der Waals surface area contributed by atoms with Gasteiger partial charge in [0.05, 0.1) is 12.7 Å². The topological polar surface area (TPSA) is 26.3 Å². The number of hydrogen-bond donors (Lipinski definition) is 0. The molecular formula is C11H12ClO2. The zero-order valence-corrected chi connectivity index (χ0v) is 8.97. The number of carbonyl (C=O) groups excluding carboxylic acids is 1. The quantitative estimate of drug-likeness (QED) is 0.703. The molecule has 0 fully saturated rings. The number of esters is 1. The predicted octanol–water partition coefficient (Wildman–Crippen LogP) is 3.06. The Morgan fingerprint density at radius 2 is 2.21 bits per heavy atom. The second-order valence-electron chi connectivity index (χ2n) is 3.12. The number of hydrogen-bond acceptors (Lipinski definition) is 2. The molecule has 0 bridgehead atoms. The molecule has 2 nitrogen and oxygen atoms in total. The zero-order valence-electron chi connectivity index (χ0n) is 8.21. The minimum absolute atomic E-state index is 0.00259. The van der Waals surface area contributed by atoms with Gasteiger partial charge in [0.15, 0.2) is 0 Å². The first-order valence-corrected chi connectivity index (χ1v) is 4.65. The number of rotatable bonds is 2. The van der Waals surface area contributed by atoms with E-state index >= 15 is 0 Å². The van der Waals surface area contributed by atoms with Crippen LogP contribution in [0, 0.1) is 6.92 Å². The van der Waals surface area contributed by atoms with Gasteiger partial charge >= 0.3 is 5.97 Å². The van der Waals surface area contributed by atoms with Crippen LogP contribution in [0.2, 0.25) is 5.02 Å². The fraction of sp³-hybridized carbons (Fsp3) is 0.273. The maximum Gasteiger partial charge on any atom is 0.338 e. The molecule has 1 radical (unpaired) electrons. The van der Waals surface area contributed by atoms with E-state index in [0.29, 0.717) is 10.6 Å². The van der Waals surface area contributed by atoms with E-state index in [1.807, 2.05) is 6.92 Å². The maximum absolute atomic E-state index is 11.4. The van der Waals surface area contributed by atoms with Gasteiger partial charge in [-0.15, -0.1) is 0 Å². The van der Waals surface area contributed by atoms with E-state index in [1.54, 1.807) is 18.2 Å². The van der Waals surface area contributed by atoms with E-state index in [1.165, 1.54) is 7.11 Å². The van der Waals surface area contributed by atoms with Crippen molar-refractivity contribution in [3.63, 3.8) is 0 Å². The SMILES string of the molecule is [CH2]C(C)c1cc(Cl)ccc1C(=O)OC. The highest BCUT2D eigenvalue weighted by Crippen LogP contribution is 2.23. The Kier molecular flexibility index (Phi) is 3.53. The largest absolute Gasteiger partial charge is 0.465 e. The standard InChI is InChI=1S/C11H12ClO2/c1-7(2)10-6-8(12)4-5-9(10)11(13)14-3/h4-7H,1H2,2-3H3. The molecular weight excluding hydrogens is 200 g/mol. The molecule has 0 N–H and O–H groups in total. The first-order chi connectivity index (χ1) is 6.56. The molecule has 0 aliphatic carbocycles. The first kappa shape index (κ1) is 11.1. The highest BCUT2D eigenvalue weighted by molar-refractivity contribution is 6.30. The molecule has 0 heterocycles. The molecule has 1 rings (SSSR count). The summed E-state index contributed by atoms with van der Waals surface area (Å²) in [7, 11) is 1.36. The first-order valence-electron chi connectivity index (χ1n) is 4.27. The molecule has 0 aliphatic heterocycles. The summed E-state index contributed by atoms with van der Waals surface area (Å²) in [5.74, 6) is -0.352. The van der Waals surface area contributed by atoms with Crippen LogP contribution in [0.1, 0.15) is 28.8 Å². The zero-order chi connectivity index (χ0) is 10.7. The van der Waals surface area contributed by atoms with Gasteiger partial charge in [0.2, 0.25) is 0 Å². The second-order valence-corrected chi connectivity index (χ2v) is 3.56. The number of ether oxygens (including phenoxy) is 1. The van der Waals surface area contributed by atoms with Crippen LogP contribution in [0.3, 0.4) is 0 Å². The molecule has 0 saturated carbocycles. The van der Waals surface area contributed by atoms with Gasteiger partial charge in [-0.3, -0.25) is 0 Å². The van der Waals surface area contributed by atoms with Crippen LogP contribution in [0.4, 0.5) is 0 Å². The maximum atomic E-state index is 11.4. The fourth-order valence-corrected chi connectivity index (χ4v) is 1.42. The average Bonchev–Trinajstić information content (AvgIpc) is 2.16. The lowest BCUT2D eigenvalue weighted by molar-refractivity contribution is 0.0599. The van der Waals surface area contributed by atoms with Crippen molar-refractivity contribution in [2.45, 2.75) is 12.8 Å². The molecule has 0 aliphatic rings. The van der Waals surface area contributed by atoms with Crippen LogP contribution < -0.4 is 0 Å². The van der Waals surface area contributed by atoms with Crippen LogP contribution in [-0.2, 0) is 4.74 Å². The molecule has 3 heteroatoms. The van der Waals surface area contributed by atoms with Gasteiger partial charge in [-0.2, -0.15) is 0 Å². The van der Waals surface area contributed by atoms with Crippen molar-refractivity contribution in [2.24, 2.45) is 0 Å². The normalized spacial score (nSPS) is 10.4. The molecule has 1 aromatic rings. The Bertz CT molecular complexity index is 345. The van der Waals surface area contributed by atoms with Gasteiger partial charge in [-0.1, -0.05) is 18.5 Å². The van der Waals surface area contributed by atoms with Crippen molar-refractivity contribution >= 4 is 17.6 Å². The summed E-state index contributed by atoms with van der Waals surface area (Å²) in [6.07, 6.45) is 0. The highest BCUT2D eigenvalue weighted by atomic mass is 35.5. The van der Waals surface area contributed by atoms with Crippen LogP contribution in [0.15, 0.2) is 18.2 Å². The number of methoxy groups -OCH3 is 1. The lowest BCUT2D eigenvalue weighted by atomic mass is 9.97. The monoisotopic (exact) mass is 211 g/mol. The molecule has 14 heavy (non-hydrogen) atoms. The molecule has 0 aromatic heterocycles. The molecule has 0 spiro atoms. The molecule has 1 aromatic carbocycles. The number of halogens is 1. The van der Waals surface area contributed by atoms with Crippen molar-refractivity contribution in [3.05, 3.63) is 41.3 Å². The fourth-order valence-electron chi connectivity index (χ4n) is 1.24. The summed E-state index contributed by atoms with van der Waals surface area (Å²) in [5.41, 5.74) is 1.34. The van der Waals surface area contributed by atoms with Gasteiger partial charge in [0.1, 0.15) is 0 Å². The minimum atomic E-state index is -0.354. The summed E-state index contributed by atoms with van der Waals surface area (Å²) in [4.78, 5) is 11.4. The van der Waals surface area contributed by atoms with E-state index in [2.05, 4.69) is 11.7 Å². The molecule has 0 amide bonds. The Labute approximate surface area is 88.8 Å². The van der Waals surface area contributed by atoms with Crippen LogP contribution >= 0.6 is 11.6 Å². The lowest BCUT2D eigenvalue weighted by Crippen LogP contribution is -2.06. The summed E-state index contributed by atoms with van der Waals surface area (Å²) in [5, 5.41) is 0.600. The van der Waals surface area contributed by atoms with E-state index in [9.17, 15) is 4.79 Å². The molecule has 0 saturated heterocycles. The average molecular weight is 212 g/mol. The van der Waals surface area contributed by atoms with Crippen molar-refractivity contribution in [3.8, 4) is 0 Å². The van der Waals surface area contributed by atoms with Crippen molar-refractivity contribution in [1.29, 1.82) is 0 Å². The van der Waals surface area contributed by atoms with Crippen molar-refractivity contribution < 1.29 is 9.53 Å². The predicted molar refractivity (Wildman–Crippen MR) is 56.6 cm³/mol. The summed E-state index contributed by atoms with van der Waals surface area (Å²) >= 11 is 5.83. The van der Waals surface area contributed by atoms with Gasteiger partial charge in [0, 0.05) is 5.02 Å². The minimum Gasteiger partial charge on any atom is -0.465 e. The Balaban J connectivity index is 3.21. The van der Waals surface area contributed by atoms with Gasteiger partial charge in [0.25, 0.3) is 0 Å². The third-order valence-electron chi connectivity index (χ3n) is 1.95. The number of carbonyl (C=O) groups is 1. The third-order valence-corrected chi connectivity index (χ3v) is 2.18. The van der Waals surface area contributed by atoms with Gasteiger partial charge < -0.3 is 4.74 Å². The Morgan fingerprint density at radius 1 is 1.57 bits per heavy atom. The van der Waals surface area contributed by atoms with E-state index in [4.69, 9.17) is 11.6 Å². The number of benzene rings is 1. The molecule has 75 valence electrons. The van der Waals surface area contributed by atoms with E-state index < -0.39 is 0 Å². The lowest BCUT2D eigenvalue weighted by Gasteiger charge is -2.10. The van der Waals surface area contributed by atoms with Crippen LogP contribution in [0.25, 0.3) is 0 Å². The van der Waals surface area contributed by atoms with Crippen LogP contribution in [0.5, 0.6) is 0 Å². The molecule has 1 unspecified atom stereocenters. The summed E-state index contributed by atoms with van der Waals surface area (Å²) in [6.45, 7) is 5.76. The van der Waals surface area contributed by atoms with Crippen molar-refractivity contribution in [1.82, 2.24) is 0 Å². The van der Waals surface area contributed by atoms with E-state index in [-0.39, 0.29) is 11.9 Å². The van der Waals surface area contributed by atoms with Crippen LogP contribution in [-0.4, -0.2) is 13.1 Å². The van der Waals surface area contributed by atoms with Gasteiger partial charge in [-0.05, 0) is 36.6 Å². The highest BCUT2D eigenvalue weighted by Gasteiger charge is 2.14. The molecule has 1 atom stereocenters. The third kappa shape index (κ3) is 2.26. The Hall–Kier alpha value is -1.02. The second kappa shape index (κ2) is 4.47. The van der Waals surface area contributed by atoms with E-state index in [0.717, 1.165) is 5.56 Å². The van der Waals surface area contributed by atoms with Crippen molar-refractivity contribution in [2.75, 3.05) is 7.11 Å². The summed E-state index contributed by atoms with van der Waals surface area (Å²) < 4.78 is 4.66. The Morgan fingerprint density at radius 3 is 2.71 bits per heavy atom. The summed E-state index contributed by atoms with van der Waals surface area (Å²) in [6, 6.07) is 5.07. The smallest absolute Gasteiger partial charge is 0.338 e. The van der Waals surface area contributed by atoms with Gasteiger partial charge in [-0.25, -0.2) is 4.79 Å².